The van der Waals surface area contributed by atoms with Crippen molar-refractivity contribution in [1.29, 1.82) is 0 Å². The number of alkyl halides is 3. The molecular formula is C20H19F4NO3. The van der Waals surface area contributed by atoms with Crippen LogP contribution in [0.3, 0.4) is 0 Å². The summed E-state index contributed by atoms with van der Waals surface area (Å²) in [6.07, 6.45) is -3.40. The van der Waals surface area contributed by atoms with Gasteiger partial charge in [0, 0.05) is 19.4 Å². The maximum Gasteiger partial charge on any atom is 0.416 e. The van der Waals surface area contributed by atoms with Crippen LogP contribution in [0.1, 0.15) is 29.5 Å². The smallest absolute Gasteiger partial charge is 0.416 e. The molecule has 2 aromatic carbocycles. The zero-order chi connectivity index (χ0) is 20.1. The third-order valence-corrected chi connectivity index (χ3v) is 4.31. The maximum atomic E-state index is 13.1. The minimum atomic E-state index is -4.69. The van der Waals surface area contributed by atoms with E-state index in [4.69, 9.17) is 9.47 Å². The molecule has 2 aromatic rings. The van der Waals surface area contributed by atoms with Crippen LogP contribution in [0.2, 0.25) is 0 Å². The lowest BCUT2D eigenvalue weighted by Crippen LogP contribution is -2.24. The number of ether oxygens (including phenoxy) is 2. The molecule has 1 N–H and O–H groups in total. The maximum absolute atomic E-state index is 13.1. The van der Waals surface area contributed by atoms with Crippen molar-refractivity contribution in [1.82, 2.24) is 5.32 Å². The molecule has 0 aliphatic carbocycles. The molecule has 0 radical (unpaired) electrons. The molecule has 3 rings (SSSR count). The van der Waals surface area contributed by atoms with Crippen molar-refractivity contribution in [3.63, 3.8) is 0 Å². The highest BCUT2D eigenvalue weighted by Gasteiger charge is 2.33. The average Bonchev–Trinajstić information content (AvgIpc) is 2.89. The highest BCUT2D eigenvalue weighted by atomic mass is 19.4. The summed E-state index contributed by atoms with van der Waals surface area (Å²) < 4.78 is 63.2. The molecule has 0 spiro atoms. The van der Waals surface area contributed by atoms with E-state index in [1.165, 1.54) is 0 Å². The Labute approximate surface area is 159 Å². The number of amides is 1. The van der Waals surface area contributed by atoms with Crippen molar-refractivity contribution in [2.45, 2.75) is 32.0 Å². The molecular weight excluding hydrogens is 378 g/mol. The van der Waals surface area contributed by atoms with E-state index < -0.39 is 23.5 Å². The molecule has 0 unspecified atom stereocenters. The van der Waals surface area contributed by atoms with Crippen LogP contribution in [0.5, 0.6) is 11.5 Å². The van der Waals surface area contributed by atoms with E-state index in [0.29, 0.717) is 37.2 Å². The summed E-state index contributed by atoms with van der Waals surface area (Å²) in [7, 11) is 0. The van der Waals surface area contributed by atoms with Crippen molar-refractivity contribution < 1.29 is 31.8 Å². The Hall–Kier alpha value is -2.77. The van der Waals surface area contributed by atoms with E-state index >= 15 is 0 Å². The van der Waals surface area contributed by atoms with E-state index in [1.54, 1.807) is 12.1 Å². The molecule has 0 aromatic heterocycles. The minimum Gasteiger partial charge on any atom is -0.490 e. The second-order valence-electron chi connectivity index (χ2n) is 6.41. The molecule has 28 heavy (non-hydrogen) atoms. The molecule has 1 amide bonds. The highest BCUT2D eigenvalue weighted by Crippen LogP contribution is 2.33. The van der Waals surface area contributed by atoms with Crippen molar-refractivity contribution >= 4 is 5.91 Å². The number of benzene rings is 2. The Morgan fingerprint density at radius 1 is 1.04 bits per heavy atom. The van der Waals surface area contributed by atoms with Gasteiger partial charge in [0.25, 0.3) is 0 Å². The van der Waals surface area contributed by atoms with Crippen LogP contribution in [0.15, 0.2) is 36.4 Å². The van der Waals surface area contributed by atoms with Gasteiger partial charge in [0.2, 0.25) is 5.91 Å². The SMILES string of the molecule is O=C(CCc1ccc2c(c1)OCCCO2)NCc1ccc(F)cc1C(F)(F)F. The molecule has 1 aliphatic rings. The lowest BCUT2D eigenvalue weighted by Gasteiger charge is -2.14. The largest absolute Gasteiger partial charge is 0.490 e. The summed E-state index contributed by atoms with van der Waals surface area (Å²) in [4.78, 5) is 12.0. The van der Waals surface area contributed by atoms with Crippen LogP contribution in [0.25, 0.3) is 0 Å². The number of aryl methyl sites for hydroxylation is 1. The Morgan fingerprint density at radius 2 is 1.79 bits per heavy atom. The van der Waals surface area contributed by atoms with Crippen LogP contribution in [0, 0.1) is 5.82 Å². The normalized spacial score (nSPS) is 13.7. The molecule has 1 aliphatic heterocycles. The topological polar surface area (TPSA) is 47.6 Å². The van der Waals surface area contributed by atoms with Gasteiger partial charge in [0.1, 0.15) is 5.82 Å². The first-order valence-corrected chi connectivity index (χ1v) is 8.84. The van der Waals surface area contributed by atoms with Crippen LogP contribution < -0.4 is 14.8 Å². The van der Waals surface area contributed by atoms with E-state index in [1.807, 2.05) is 6.07 Å². The number of carbonyl (C=O) groups excluding carboxylic acids is 1. The van der Waals surface area contributed by atoms with Crippen molar-refractivity contribution in [3.05, 3.63) is 58.9 Å². The molecule has 0 fully saturated rings. The van der Waals surface area contributed by atoms with Gasteiger partial charge in [-0.25, -0.2) is 4.39 Å². The first-order chi connectivity index (χ1) is 13.3. The van der Waals surface area contributed by atoms with Gasteiger partial charge >= 0.3 is 6.18 Å². The van der Waals surface area contributed by atoms with Crippen molar-refractivity contribution in [2.75, 3.05) is 13.2 Å². The number of nitrogens with one attached hydrogen (secondary N) is 1. The first-order valence-electron chi connectivity index (χ1n) is 8.84. The highest BCUT2D eigenvalue weighted by molar-refractivity contribution is 5.76. The van der Waals surface area contributed by atoms with Crippen molar-refractivity contribution in [3.8, 4) is 11.5 Å². The Morgan fingerprint density at radius 3 is 2.54 bits per heavy atom. The molecule has 4 nitrogen and oxygen atoms in total. The summed E-state index contributed by atoms with van der Waals surface area (Å²) in [6, 6.07) is 7.80. The molecule has 1 heterocycles. The molecule has 0 atom stereocenters. The van der Waals surface area contributed by atoms with Gasteiger partial charge < -0.3 is 14.8 Å². The van der Waals surface area contributed by atoms with Crippen LogP contribution in [-0.2, 0) is 23.9 Å². The fourth-order valence-electron chi connectivity index (χ4n) is 2.87. The van der Waals surface area contributed by atoms with Gasteiger partial charge in [-0.05, 0) is 41.8 Å². The monoisotopic (exact) mass is 397 g/mol. The second-order valence-corrected chi connectivity index (χ2v) is 6.41. The fraction of sp³-hybridized carbons (Fsp3) is 0.350. The van der Waals surface area contributed by atoms with Gasteiger partial charge in [-0.1, -0.05) is 12.1 Å². The zero-order valence-corrected chi connectivity index (χ0v) is 14.9. The van der Waals surface area contributed by atoms with Crippen molar-refractivity contribution in [2.24, 2.45) is 0 Å². The van der Waals surface area contributed by atoms with E-state index in [-0.39, 0.29) is 18.5 Å². The van der Waals surface area contributed by atoms with Gasteiger partial charge in [-0.2, -0.15) is 13.2 Å². The average molecular weight is 397 g/mol. The molecule has 8 heteroatoms. The van der Waals surface area contributed by atoms with Gasteiger partial charge in [-0.15, -0.1) is 0 Å². The fourth-order valence-corrected chi connectivity index (χ4v) is 2.87. The zero-order valence-electron chi connectivity index (χ0n) is 14.9. The summed E-state index contributed by atoms with van der Waals surface area (Å²) in [5, 5.41) is 2.46. The predicted molar refractivity (Wildman–Crippen MR) is 93.6 cm³/mol. The lowest BCUT2D eigenvalue weighted by atomic mass is 10.1. The van der Waals surface area contributed by atoms with E-state index in [9.17, 15) is 22.4 Å². The molecule has 0 saturated carbocycles. The lowest BCUT2D eigenvalue weighted by molar-refractivity contribution is -0.138. The van der Waals surface area contributed by atoms with Crippen LogP contribution >= 0.6 is 0 Å². The standard InChI is InChI=1S/C20H19F4NO3/c21-15-5-4-14(16(11-15)20(22,23)24)12-25-19(26)7-3-13-2-6-17-18(10-13)28-9-1-8-27-17/h2,4-6,10-11H,1,3,7-9,12H2,(H,25,26). The summed E-state index contributed by atoms with van der Waals surface area (Å²) >= 11 is 0. The van der Waals surface area contributed by atoms with Gasteiger partial charge in [-0.3, -0.25) is 4.79 Å². The number of hydrogen-bond donors (Lipinski definition) is 1. The summed E-state index contributed by atoms with van der Waals surface area (Å²) in [5.41, 5.74) is -0.411. The van der Waals surface area contributed by atoms with Crippen LogP contribution in [-0.4, -0.2) is 19.1 Å². The minimum absolute atomic E-state index is 0.0994. The number of halogens is 4. The Kier molecular flexibility index (Phi) is 6.06. The number of carbonyl (C=O) groups is 1. The van der Waals surface area contributed by atoms with Gasteiger partial charge in [0.05, 0.1) is 18.8 Å². The van der Waals surface area contributed by atoms with Crippen LogP contribution in [0.4, 0.5) is 17.6 Å². The second kappa shape index (κ2) is 8.50. The number of fused-ring (bicyclic) bond motifs is 1. The molecule has 0 bridgehead atoms. The predicted octanol–water partition coefficient (Wildman–Crippen LogP) is 4.25. The third-order valence-electron chi connectivity index (χ3n) is 4.31. The molecule has 150 valence electrons. The quantitative estimate of drug-likeness (QED) is 0.768. The summed E-state index contributed by atoms with van der Waals surface area (Å²) in [5.74, 6) is -0.0976. The summed E-state index contributed by atoms with van der Waals surface area (Å²) in [6.45, 7) is 0.809. The number of hydrogen-bond acceptors (Lipinski definition) is 3. The van der Waals surface area contributed by atoms with E-state index in [2.05, 4.69) is 5.32 Å². The van der Waals surface area contributed by atoms with Gasteiger partial charge in [0.15, 0.2) is 11.5 Å². The Balaban J connectivity index is 1.56. The van der Waals surface area contributed by atoms with E-state index in [0.717, 1.165) is 24.1 Å². The Bertz CT molecular complexity index is 852. The first kappa shape index (κ1) is 20.0. The number of rotatable bonds is 5. The third kappa shape index (κ3) is 5.15. The molecule has 0 saturated heterocycles.